The Labute approximate surface area is 316 Å². The number of rotatable bonds is 13. The van der Waals surface area contributed by atoms with Gasteiger partial charge < -0.3 is 50.2 Å². The van der Waals surface area contributed by atoms with Gasteiger partial charge >= 0.3 is 11.9 Å². The number of likely N-dealkylation sites (tertiary alicyclic amines) is 2. The maximum atomic E-state index is 14.8. The summed E-state index contributed by atoms with van der Waals surface area (Å²) in [6, 6.07) is 5.35. The molecule has 14 nitrogen and oxygen atoms in total. The van der Waals surface area contributed by atoms with Gasteiger partial charge in [-0.15, -0.1) is 0 Å². The molecule has 6 N–H and O–H groups in total. The third-order valence-corrected chi connectivity index (χ3v) is 10.8. The predicted molar refractivity (Wildman–Crippen MR) is 199 cm³/mol. The molecule has 2 amide bonds. The van der Waals surface area contributed by atoms with Gasteiger partial charge in [0, 0.05) is 75.8 Å². The number of carbonyl (C=O) groups is 4. The average Bonchev–Trinajstić information content (AvgIpc) is 3.90. The smallest absolute Gasteiger partial charge is 0.302 e. The lowest BCUT2D eigenvalue weighted by Crippen LogP contribution is -2.53. The summed E-state index contributed by atoms with van der Waals surface area (Å²) in [7, 11) is 2.91. The van der Waals surface area contributed by atoms with Crippen LogP contribution in [0.5, 0.6) is 0 Å². The van der Waals surface area contributed by atoms with E-state index in [1.165, 1.54) is 52.3 Å². The molecular weight excluding hydrogens is 718 g/mol. The number of aromatic nitrogens is 2. The van der Waals surface area contributed by atoms with E-state index >= 15 is 0 Å². The Morgan fingerprint density at radius 3 is 1.65 bits per heavy atom. The van der Waals surface area contributed by atoms with Gasteiger partial charge in [-0.3, -0.25) is 19.2 Å². The summed E-state index contributed by atoms with van der Waals surface area (Å²) in [6.45, 7) is 4.82. The number of aromatic amines is 2. The summed E-state index contributed by atoms with van der Waals surface area (Å²) in [6.07, 6.45) is -0.914. The monoisotopic (exact) mass is 766 g/mol. The van der Waals surface area contributed by atoms with Crippen LogP contribution in [0.4, 0.5) is 8.78 Å². The molecule has 2 aromatic heterocycles. The van der Waals surface area contributed by atoms with E-state index in [-0.39, 0.29) is 44.4 Å². The highest BCUT2D eigenvalue weighted by Crippen LogP contribution is 2.40. The molecule has 0 unspecified atom stereocenters. The molecule has 296 valence electrons. The van der Waals surface area contributed by atoms with Crippen LogP contribution >= 0.6 is 0 Å². The highest BCUT2D eigenvalue weighted by atomic mass is 19.1. The SMILES string of the molecule is COC[C@H](N)C(=O)N1CC[C@H](OC(C)=O)[C@H]1Cc1c(-c2[nH]c3cc(F)ccc3c2C[C@@H]2[C@@H](OC(C)=O)CCN2C(=O)[C@@H](N)[C@@H](C)OC)[nH]c2cc(F)ccc12. The second-order valence-corrected chi connectivity index (χ2v) is 14.3. The minimum Gasteiger partial charge on any atom is -0.460 e. The van der Waals surface area contributed by atoms with E-state index in [0.29, 0.717) is 57.2 Å². The molecule has 16 heteroatoms. The number of esters is 2. The quantitative estimate of drug-likeness (QED) is 0.147. The first-order valence-corrected chi connectivity index (χ1v) is 18.3. The summed E-state index contributed by atoms with van der Waals surface area (Å²) in [5.74, 6) is -2.75. The van der Waals surface area contributed by atoms with Gasteiger partial charge in [0.2, 0.25) is 11.8 Å². The second-order valence-electron chi connectivity index (χ2n) is 14.3. The number of ether oxygens (including phenoxy) is 4. The number of carbonyl (C=O) groups excluding carboxylic acids is 4. The van der Waals surface area contributed by atoms with Crippen LogP contribution in [0.15, 0.2) is 36.4 Å². The number of hydrogen-bond donors (Lipinski definition) is 4. The lowest BCUT2D eigenvalue weighted by atomic mass is 9.93. The number of nitrogens with zero attached hydrogens (tertiary/aromatic N) is 2. The second kappa shape index (κ2) is 16.5. The van der Waals surface area contributed by atoms with Gasteiger partial charge in [-0.25, -0.2) is 8.78 Å². The molecule has 2 aromatic carbocycles. The molecule has 2 saturated heterocycles. The van der Waals surface area contributed by atoms with Crippen molar-refractivity contribution in [2.75, 3.05) is 33.9 Å². The molecule has 2 fully saturated rings. The van der Waals surface area contributed by atoms with E-state index in [9.17, 15) is 28.0 Å². The number of nitrogens with one attached hydrogen (secondary N) is 2. The van der Waals surface area contributed by atoms with Crippen LogP contribution < -0.4 is 11.5 Å². The van der Waals surface area contributed by atoms with Crippen LogP contribution in [0.1, 0.15) is 44.7 Å². The van der Waals surface area contributed by atoms with E-state index < -0.39 is 66.1 Å². The Hall–Kier alpha value is -4.90. The summed E-state index contributed by atoms with van der Waals surface area (Å²) >= 11 is 0. The highest BCUT2D eigenvalue weighted by Gasteiger charge is 2.44. The van der Waals surface area contributed by atoms with E-state index in [0.717, 1.165) is 0 Å². The van der Waals surface area contributed by atoms with Gasteiger partial charge in [0.05, 0.1) is 36.2 Å². The predicted octanol–water partition coefficient (Wildman–Crippen LogP) is 3.08. The number of amides is 2. The van der Waals surface area contributed by atoms with Gasteiger partial charge in [-0.1, -0.05) is 0 Å². The van der Waals surface area contributed by atoms with Gasteiger partial charge in [0.15, 0.2) is 0 Å². The van der Waals surface area contributed by atoms with Crippen molar-refractivity contribution in [2.24, 2.45) is 11.5 Å². The molecule has 0 bridgehead atoms. The standard InChI is InChI=1S/C39H48F2N6O8/c1-19(53-5)35(43)39(51)47-13-11-34(55-21(3)49)32(47)17-27-25-9-7-23(41)15-30(25)45-37(27)36-26(24-8-6-22(40)14-29(24)44-36)16-31-33(54-20(2)48)10-12-46(31)38(50)28(42)18-52-4/h6-9,14-15,19,28,31-35,44-45H,10-13,16-18,42-43H2,1-5H3/t19-,28+,31-,32-,33+,34+,35+/m1/s1. The Balaban J connectivity index is 1.51. The summed E-state index contributed by atoms with van der Waals surface area (Å²) in [5, 5.41) is 1.29. The van der Waals surface area contributed by atoms with Crippen molar-refractivity contribution in [3.8, 4) is 11.4 Å². The Kier molecular flexibility index (Phi) is 11.9. The molecule has 4 heterocycles. The summed E-state index contributed by atoms with van der Waals surface area (Å²) in [4.78, 5) is 62.0. The molecular formula is C39H48F2N6O8. The maximum Gasteiger partial charge on any atom is 0.302 e. The normalized spacial score (nSPS) is 21.6. The van der Waals surface area contributed by atoms with Crippen molar-refractivity contribution in [3.63, 3.8) is 0 Å². The molecule has 4 aromatic rings. The van der Waals surface area contributed by atoms with E-state index in [1.807, 2.05) is 0 Å². The largest absolute Gasteiger partial charge is 0.460 e. The zero-order valence-corrected chi connectivity index (χ0v) is 31.5. The van der Waals surface area contributed by atoms with Crippen molar-refractivity contribution < 1.29 is 46.9 Å². The molecule has 7 atom stereocenters. The Morgan fingerprint density at radius 2 is 1.24 bits per heavy atom. The molecule has 55 heavy (non-hydrogen) atoms. The molecule has 0 radical (unpaired) electrons. The first kappa shape index (κ1) is 39.8. The number of benzene rings is 2. The molecule has 2 aliphatic rings. The maximum absolute atomic E-state index is 14.8. The first-order chi connectivity index (χ1) is 26.2. The van der Waals surface area contributed by atoms with Crippen LogP contribution in [0.2, 0.25) is 0 Å². The number of halogens is 2. The number of fused-ring (bicyclic) bond motifs is 2. The molecule has 2 aliphatic heterocycles. The van der Waals surface area contributed by atoms with E-state index in [4.69, 9.17) is 30.4 Å². The van der Waals surface area contributed by atoms with Gasteiger partial charge in [-0.05, 0) is 67.3 Å². The fraction of sp³-hybridized carbons (Fsp3) is 0.487. The lowest BCUT2D eigenvalue weighted by molar-refractivity contribution is -0.150. The van der Waals surface area contributed by atoms with Crippen LogP contribution in [0.25, 0.3) is 33.2 Å². The molecule has 0 spiro atoms. The van der Waals surface area contributed by atoms with E-state index in [1.54, 1.807) is 28.9 Å². The first-order valence-electron chi connectivity index (χ1n) is 18.3. The molecule has 6 rings (SSSR count). The number of nitrogens with two attached hydrogens (primary N) is 2. The van der Waals surface area contributed by atoms with Gasteiger partial charge in [0.1, 0.15) is 35.9 Å². The van der Waals surface area contributed by atoms with Crippen molar-refractivity contribution in [2.45, 2.75) is 88.9 Å². The number of hydrogen-bond acceptors (Lipinski definition) is 10. The topological polar surface area (TPSA) is 195 Å². The zero-order chi connectivity index (χ0) is 39.7. The van der Waals surface area contributed by atoms with E-state index in [2.05, 4.69) is 9.97 Å². The van der Waals surface area contributed by atoms with Crippen molar-refractivity contribution in [1.82, 2.24) is 19.8 Å². The third-order valence-electron chi connectivity index (χ3n) is 10.8. The van der Waals surface area contributed by atoms with Crippen molar-refractivity contribution in [1.29, 1.82) is 0 Å². The fourth-order valence-electron chi connectivity index (χ4n) is 8.11. The third kappa shape index (κ3) is 8.08. The van der Waals surface area contributed by atoms with Crippen molar-refractivity contribution >= 4 is 45.6 Å². The average molecular weight is 767 g/mol. The minimum atomic E-state index is -0.991. The summed E-state index contributed by atoms with van der Waals surface area (Å²) < 4.78 is 51.6. The Morgan fingerprint density at radius 1 is 0.782 bits per heavy atom. The van der Waals surface area contributed by atoms with Crippen molar-refractivity contribution in [3.05, 3.63) is 59.2 Å². The molecule has 0 aliphatic carbocycles. The lowest BCUT2D eigenvalue weighted by Gasteiger charge is -2.31. The number of H-pyrrole nitrogens is 2. The van der Waals surface area contributed by atoms with Crippen LogP contribution in [0.3, 0.4) is 0 Å². The minimum absolute atomic E-state index is 0.0167. The summed E-state index contributed by atoms with van der Waals surface area (Å²) in [5.41, 5.74) is 15.8. The molecule has 0 saturated carbocycles. The highest BCUT2D eigenvalue weighted by molar-refractivity contribution is 5.96. The van der Waals surface area contributed by atoms with Gasteiger partial charge in [-0.2, -0.15) is 0 Å². The van der Waals surface area contributed by atoms with Crippen LogP contribution in [0, 0.1) is 11.6 Å². The Bertz CT molecular complexity index is 2090. The van der Waals surface area contributed by atoms with Crippen LogP contribution in [-0.2, 0) is 51.0 Å². The number of methoxy groups -OCH3 is 2. The zero-order valence-electron chi connectivity index (χ0n) is 31.5. The van der Waals surface area contributed by atoms with Crippen LogP contribution in [-0.4, -0.2) is 120 Å². The fourth-order valence-corrected chi connectivity index (χ4v) is 8.11. The van der Waals surface area contributed by atoms with Gasteiger partial charge in [0.25, 0.3) is 0 Å².